The molecule has 2 rings (SSSR count). The van der Waals surface area contributed by atoms with Crippen LogP contribution in [-0.2, 0) is 6.42 Å². The molecule has 2 aromatic rings. The molecule has 94 valence electrons. The first kappa shape index (κ1) is 12.8. The van der Waals surface area contributed by atoms with Crippen molar-refractivity contribution in [2.45, 2.75) is 13.3 Å². The zero-order valence-electron chi connectivity index (χ0n) is 9.61. The monoisotopic (exact) mass is 282 g/mol. The van der Waals surface area contributed by atoms with Crippen LogP contribution in [0, 0.1) is 0 Å². The van der Waals surface area contributed by atoms with Gasteiger partial charge in [-0.05, 0) is 30.1 Å². The normalized spacial score (nSPS) is 10.3. The number of benzene rings is 1. The molecule has 1 heterocycles. The minimum atomic E-state index is -0.290. The fraction of sp³-hybridized carbons (Fsp3) is 0.182. The van der Waals surface area contributed by atoms with Gasteiger partial charge in [0.15, 0.2) is 0 Å². The lowest BCUT2D eigenvalue weighted by molar-refractivity contribution is 0.102. The summed E-state index contributed by atoms with van der Waals surface area (Å²) < 4.78 is 3.77. The first-order chi connectivity index (χ1) is 8.63. The van der Waals surface area contributed by atoms with Gasteiger partial charge in [0.25, 0.3) is 5.91 Å². The number of nitrogens with zero attached hydrogens (tertiary/aromatic N) is 2. The number of hydrogen-bond acceptors (Lipinski definition) is 5. The zero-order valence-corrected chi connectivity index (χ0v) is 11.2. The Labute approximate surface area is 113 Å². The van der Waals surface area contributed by atoms with E-state index in [9.17, 15) is 4.79 Å². The smallest absolute Gasteiger partial charge is 0.269 e. The highest BCUT2D eigenvalue weighted by Gasteiger charge is 2.17. The second-order valence-electron chi connectivity index (χ2n) is 3.56. The number of nitrogens with two attached hydrogens (primary N) is 1. The highest BCUT2D eigenvalue weighted by Crippen LogP contribution is 2.28. The van der Waals surface area contributed by atoms with Gasteiger partial charge in [0.1, 0.15) is 4.88 Å². The standard InChI is InChI=1S/C11H11ClN4OS/c1-2-8-10(18-16-15-8)11(17)14-9-6(12)4-3-5-7(9)13/h3-5H,2,13H2,1H3,(H,14,17). The van der Waals surface area contributed by atoms with Crippen LogP contribution in [0.3, 0.4) is 0 Å². The van der Waals surface area contributed by atoms with Gasteiger partial charge in [-0.1, -0.05) is 29.1 Å². The molecule has 18 heavy (non-hydrogen) atoms. The van der Waals surface area contributed by atoms with Gasteiger partial charge < -0.3 is 11.1 Å². The Balaban J connectivity index is 2.27. The van der Waals surface area contributed by atoms with Gasteiger partial charge in [0.05, 0.1) is 22.1 Å². The molecule has 0 aliphatic heterocycles. The lowest BCUT2D eigenvalue weighted by Gasteiger charge is -2.09. The van der Waals surface area contributed by atoms with E-state index in [-0.39, 0.29) is 5.91 Å². The number of anilines is 2. The Morgan fingerprint density at radius 2 is 2.33 bits per heavy atom. The van der Waals surface area contributed by atoms with Gasteiger partial charge in [-0.3, -0.25) is 4.79 Å². The molecule has 5 nitrogen and oxygen atoms in total. The number of nitrogen functional groups attached to an aromatic ring is 1. The average molecular weight is 283 g/mol. The molecule has 0 radical (unpaired) electrons. The number of halogens is 1. The highest BCUT2D eigenvalue weighted by atomic mass is 35.5. The van der Waals surface area contributed by atoms with Crippen LogP contribution < -0.4 is 11.1 Å². The first-order valence-corrected chi connectivity index (χ1v) is 6.45. The van der Waals surface area contributed by atoms with Gasteiger partial charge in [-0.15, -0.1) is 5.10 Å². The number of nitrogens with one attached hydrogen (secondary N) is 1. The molecular weight excluding hydrogens is 272 g/mol. The third-order valence-corrected chi connectivity index (χ3v) is 3.46. The molecule has 0 fully saturated rings. The van der Waals surface area contributed by atoms with Gasteiger partial charge in [0.2, 0.25) is 0 Å². The van der Waals surface area contributed by atoms with E-state index in [0.29, 0.717) is 33.4 Å². The SMILES string of the molecule is CCc1nnsc1C(=O)Nc1c(N)cccc1Cl. The summed E-state index contributed by atoms with van der Waals surface area (Å²) in [6, 6.07) is 5.06. The van der Waals surface area contributed by atoms with Crippen LogP contribution in [0.15, 0.2) is 18.2 Å². The fourth-order valence-corrected chi connectivity index (χ4v) is 2.33. The largest absolute Gasteiger partial charge is 0.397 e. The number of amides is 1. The quantitative estimate of drug-likeness (QED) is 0.848. The summed E-state index contributed by atoms with van der Waals surface area (Å²) in [7, 11) is 0. The van der Waals surface area contributed by atoms with Gasteiger partial charge in [-0.2, -0.15) is 0 Å². The topological polar surface area (TPSA) is 80.9 Å². The van der Waals surface area contributed by atoms with Crippen LogP contribution in [0.25, 0.3) is 0 Å². The molecule has 0 atom stereocenters. The summed E-state index contributed by atoms with van der Waals surface area (Å²) in [6.45, 7) is 1.91. The minimum Gasteiger partial charge on any atom is -0.397 e. The van der Waals surface area contributed by atoms with Crippen molar-refractivity contribution in [2.24, 2.45) is 0 Å². The van der Waals surface area contributed by atoms with Crippen molar-refractivity contribution in [3.05, 3.63) is 33.8 Å². The van der Waals surface area contributed by atoms with Crippen molar-refractivity contribution >= 4 is 40.4 Å². The number of aromatic nitrogens is 2. The van der Waals surface area contributed by atoms with Crippen LogP contribution in [0.1, 0.15) is 22.3 Å². The number of hydrogen-bond donors (Lipinski definition) is 2. The highest BCUT2D eigenvalue weighted by molar-refractivity contribution is 7.08. The Morgan fingerprint density at radius 1 is 1.56 bits per heavy atom. The van der Waals surface area contributed by atoms with Gasteiger partial charge in [-0.25, -0.2) is 0 Å². The molecule has 0 saturated heterocycles. The van der Waals surface area contributed by atoms with E-state index in [0.717, 1.165) is 11.5 Å². The maximum absolute atomic E-state index is 12.1. The molecule has 0 bridgehead atoms. The lowest BCUT2D eigenvalue weighted by Crippen LogP contribution is -2.14. The maximum Gasteiger partial charge on any atom is 0.269 e. The van der Waals surface area contributed by atoms with E-state index in [1.54, 1.807) is 18.2 Å². The predicted molar refractivity (Wildman–Crippen MR) is 73.1 cm³/mol. The summed E-state index contributed by atoms with van der Waals surface area (Å²) in [4.78, 5) is 12.5. The number of para-hydroxylation sites is 1. The predicted octanol–water partition coefficient (Wildman–Crippen LogP) is 2.59. The Morgan fingerprint density at radius 3 is 3.00 bits per heavy atom. The van der Waals surface area contributed by atoms with Gasteiger partial charge in [0, 0.05) is 0 Å². The summed E-state index contributed by atoms with van der Waals surface area (Å²) in [5.41, 5.74) is 7.28. The third-order valence-electron chi connectivity index (χ3n) is 2.38. The Kier molecular flexibility index (Phi) is 3.78. The number of carbonyl (C=O) groups excluding carboxylic acids is 1. The molecule has 1 aromatic heterocycles. The number of rotatable bonds is 3. The van der Waals surface area contributed by atoms with Crippen LogP contribution in [-0.4, -0.2) is 15.5 Å². The second kappa shape index (κ2) is 5.32. The second-order valence-corrected chi connectivity index (χ2v) is 4.72. The summed E-state index contributed by atoms with van der Waals surface area (Å²) in [5.74, 6) is -0.290. The van der Waals surface area contributed by atoms with Crippen LogP contribution >= 0.6 is 23.1 Å². The van der Waals surface area contributed by atoms with E-state index >= 15 is 0 Å². The Hall–Kier alpha value is -1.66. The van der Waals surface area contributed by atoms with Gasteiger partial charge >= 0.3 is 0 Å². The molecule has 0 aliphatic carbocycles. The molecule has 7 heteroatoms. The molecule has 0 aliphatic rings. The summed E-state index contributed by atoms with van der Waals surface area (Å²) >= 11 is 7.04. The molecule has 1 amide bonds. The summed E-state index contributed by atoms with van der Waals surface area (Å²) in [5, 5.41) is 6.98. The summed E-state index contributed by atoms with van der Waals surface area (Å²) in [6.07, 6.45) is 0.650. The third kappa shape index (κ3) is 2.44. The van der Waals surface area contributed by atoms with Crippen LogP contribution in [0.2, 0.25) is 5.02 Å². The molecule has 0 saturated carbocycles. The molecule has 3 N–H and O–H groups in total. The molecule has 1 aromatic carbocycles. The molecular formula is C11H11ClN4OS. The van der Waals surface area contributed by atoms with Crippen LogP contribution in [0.4, 0.5) is 11.4 Å². The minimum absolute atomic E-state index is 0.290. The van der Waals surface area contributed by atoms with Crippen molar-refractivity contribution < 1.29 is 4.79 Å². The van der Waals surface area contributed by atoms with Crippen molar-refractivity contribution in [1.82, 2.24) is 9.59 Å². The Bertz CT molecular complexity index is 564. The van der Waals surface area contributed by atoms with E-state index in [1.165, 1.54) is 0 Å². The first-order valence-electron chi connectivity index (χ1n) is 5.30. The van der Waals surface area contributed by atoms with Crippen molar-refractivity contribution in [1.29, 1.82) is 0 Å². The molecule has 0 unspecified atom stereocenters. The lowest BCUT2D eigenvalue weighted by atomic mass is 10.2. The van der Waals surface area contributed by atoms with E-state index in [1.807, 2.05) is 6.92 Å². The fourth-order valence-electron chi connectivity index (χ4n) is 1.46. The molecule has 0 spiro atoms. The van der Waals surface area contributed by atoms with Crippen molar-refractivity contribution in [3.63, 3.8) is 0 Å². The van der Waals surface area contributed by atoms with E-state index in [2.05, 4.69) is 14.9 Å². The average Bonchev–Trinajstić information content (AvgIpc) is 2.82. The number of aryl methyl sites for hydroxylation is 1. The van der Waals surface area contributed by atoms with Crippen molar-refractivity contribution in [3.8, 4) is 0 Å². The van der Waals surface area contributed by atoms with E-state index < -0.39 is 0 Å². The van der Waals surface area contributed by atoms with E-state index in [4.69, 9.17) is 17.3 Å². The number of carbonyl (C=O) groups is 1. The van der Waals surface area contributed by atoms with Crippen LogP contribution in [0.5, 0.6) is 0 Å². The zero-order chi connectivity index (χ0) is 13.1. The van der Waals surface area contributed by atoms with Crippen molar-refractivity contribution in [2.75, 3.05) is 11.1 Å². The maximum atomic E-state index is 12.1.